The van der Waals surface area contributed by atoms with Crippen LogP contribution in [0.2, 0.25) is 0 Å². The van der Waals surface area contributed by atoms with E-state index in [-0.39, 0.29) is 47.8 Å². The fourth-order valence-electron chi connectivity index (χ4n) is 6.47. The summed E-state index contributed by atoms with van der Waals surface area (Å²) < 4.78 is 13.3. The normalized spacial score (nSPS) is 19.5. The lowest BCUT2D eigenvalue weighted by Crippen LogP contribution is -2.49. The van der Waals surface area contributed by atoms with Crippen molar-refractivity contribution in [3.63, 3.8) is 0 Å². The molecule has 2 aromatic rings. The van der Waals surface area contributed by atoms with E-state index >= 15 is 0 Å². The first kappa shape index (κ1) is 28.8. The van der Waals surface area contributed by atoms with Gasteiger partial charge in [-0.3, -0.25) is 24.1 Å². The molecule has 3 aliphatic heterocycles. The summed E-state index contributed by atoms with van der Waals surface area (Å²) in [6.45, 7) is 7.96. The summed E-state index contributed by atoms with van der Waals surface area (Å²) in [5.74, 6) is -0.917. The second-order valence-corrected chi connectivity index (χ2v) is 11.2. The number of likely N-dealkylation sites (tertiary alicyclic amines) is 1. The number of fused-ring (bicyclic) bond motifs is 1. The molecule has 2 aromatic carbocycles. The van der Waals surface area contributed by atoms with Gasteiger partial charge in [0.25, 0.3) is 11.8 Å². The number of imide groups is 1. The molecule has 4 amide bonds. The second-order valence-electron chi connectivity index (χ2n) is 11.2. The van der Waals surface area contributed by atoms with Crippen LogP contribution in [0.25, 0.3) is 0 Å². The van der Waals surface area contributed by atoms with Gasteiger partial charge in [0.1, 0.15) is 5.82 Å². The molecule has 1 atom stereocenters. The molecule has 0 N–H and O–H groups in total. The van der Waals surface area contributed by atoms with Gasteiger partial charge in [-0.1, -0.05) is 18.2 Å². The van der Waals surface area contributed by atoms with Crippen molar-refractivity contribution < 1.29 is 23.6 Å². The minimum absolute atomic E-state index is 0.116. The molecule has 218 valence electrons. The Morgan fingerprint density at radius 3 is 2.29 bits per heavy atom. The molecule has 2 saturated heterocycles. The molecule has 5 rings (SSSR count). The van der Waals surface area contributed by atoms with Gasteiger partial charge in [-0.05, 0) is 75.8 Å². The van der Waals surface area contributed by atoms with E-state index in [2.05, 4.69) is 4.90 Å². The van der Waals surface area contributed by atoms with Crippen molar-refractivity contribution in [2.75, 3.05) is 50.7 Å². The quantitative estimate of drug-likeness (QED) is 0.455. The Morgan fingerprint density at radius 1 is 0.902 bits per heavy atom. The minimum atomic E-state index is -0.324. The number of hydrogen-bond donors (Lipinski definition) is 0. The molecular weight excluding hydrogens is 523 g/mol. The molecule has 0 aromatic heterocycles. The summed E-state index contributed by atoms with van der Waals surface area (Å²) >= 11 is 0. The molecule has 9 heteroatoms. The average Bonchev–Trinajstić information content (AvgIpc) is 3.26. The highest BCUT2D eigenvalue weighted by atomic mass is 19.1. The van der Waals surface area contributed by atoms with Gasteiger partial charge in [-0.15, -0.1) is 0 Å². The van der Waals surface area contributed by atoms with Crippen LogP contribution in [0, 0.1) is 17.7 Å². The monoisotopic (exact) mass is 562 g/mol. The average molecular weight is 563 g/mol. The number of rotatable bonds is 8. The predicted molar refractivity (Wildman–Crippen MR) is 154 cm³/mol. The van der Waals surface area contributed by atoms with Crippen LogP contribution in [0.5, 0.6) is 0 Å². The number of halogens is 1. The summed E-state index contributed by atoms with van der Waals surface area (Å²) in [6.07, 6.45) is 3.43. The van der Waals surface area contributed by atoms with Crippen LogP contribution in [0.4, 0.5) is 10.1 Å². The molecule has 3 aliphatic rings. The summed E-state index contributed by atoms with van der Waals surface area (Å²) in [7, 11) is 0. The zero-order chi connectivity index (χ0) is 29.1. The highest BCUT2D eigenvalue weighted by Gasteiger charge is 2.40. The van der Waals surface area contributed by atoms with Crippen LogP contribution < -0.4 is 4.90 Å². The molecule has 0 radical (unpaired) electrons. The molecule has 0 aliphatic carbocycles. The van der Waals surface area contributed by atoms with Crippen LogP contribution in [0.1, 0.15) is 65.8 Å². The van der Waals surface area contributed by atoms with Gasteiger partial charge < -0.3 is 14.7 Å². The van der Waals surface area contributed by atoms with Crippen molar-refractivity contribution in [1.29, 1.82) is 0 Å². The zero-order valence-corrected chi connectivity index (χ0v) is 24.0. The maximum absolute atomic E-state index is 13.5. The van der Waals surface area contributed by atoms with E-state index in [1.165, 1.54) is 17.0 Å². The first-order valence-corrected chi connectivity index (χ1v) is 14.9. The van der Waals surface area contributed by atoms with E-state index < -0.39 is 0 Å². The number of nitrogens with zero attached hydrogens (tertiary/aromatic N) is 4. The van der Waals surface area contributed by atoms with Crippen molar-refractivity contribution in [2.45, 2.75) is 46.0 Å². The predicted octanol–water partition coefficient (Wildman–Crippen LogP) is 3.99. The van der Waals surface area contributed by atoms with Crippen LogP contribution in [-0.2, 0) is 16.0 Å². The first-order valence-electron chi connectivity index (χ1n) is 14.9. The zero-order valence-electron chi connectivity index (χ0n) is 24.0. The van der Waals surface area contributed by atoms with E-state index in [1.807, 2.05) is 29.7 Å². The Kier molecular flexibility index (Phi) is 8.71. The Balaban J connectivity index is 1.21. The van der Waals surface area contributed by atoms with Crippen LogP contribution in [0.3, 0.4) is 0 Å². The van der Waals surface area contributed by atoms with Crippen molar-refractivity contribution >= 4 is 29.3 Å². The largest absolute Gasteiger partial charge is 0.371 e. The van der Waals surface area contributed by atoms with Gasteiger partial charge in [-0.2, -0.15) is 0 Å². The third-order valence-electron chi connectivity index (χ3n) is 8.86. The lowest BCUT2D eigenvalue weighted by molar-refractivity contribution is -0.143. The van der Waals surface area contributed by atoms with Gasteiger partial charge >= 0.3 is 0 Å². The highest BCUT2D eigenvalue weighted by molar-refractivity contribution is 6.23. The third-order valence-corrected chi connectivity index (χ3v) is 8.86. The summed E-state index contributed by atoms with van der Waals surface area (Å²) in [6, 6.07) is 11.5. The molecule has 0 saturated carbocycles. The lowest BCUT2D eigenvalue weighted by atomic mass is 9.91. The number of carbonyl (C=O) groups is 4. The highest BCUT2D eigenvalue weighted by Crippen LogP contribution is 2.35. The number of hydrogen-bond acceptors (Lipinski definition) is 5. The van der Waals surface area contributed by atoms with E-state index in [9.17, 15) is 23.6 Å². The molecule has 2 fully saturated rings. The van der Waals surface area contributed by atoms with Crippen LogP contribution >= 0.6 is 0 Å². The van der Waals surface area contributed by atoms with E-state index in [4.69, 9.17) is 0 Å². The number of anilines is 1. The van der Waals surface area contributed by atoms with Crippen LogP contribution in [0.15, 0.2) is 42.5 Å². The number of benzene rings is 2. The topological polar surface area (TPSA) is 81.2 Å². The Labute approximate surface area is 241 Å². The maximum atomic E-state index is 13.5. The van der Waals surface area contributed by atoms with E-state index in [0.29, 0.717) is 69.7 Å². The second kappa shape index (κ2) is 12.4. The van der Waals surface area contributed by atoms with E-state index in [0.717, 1.165) is 24.1 Å². The van der Waals surface area contributed by atoms with Crippen molar-refractivity contribution in [1.82, 2.24) is 14.7 Å². The molecule has 41 heavy (non-hydrogen) atoms. The minimum Gasteiger partial charge on any atom is -0.371 e. The Bertz CT molecular complexity index is 1300. The van der Waals surface area contributed by atoms with Crippen molar-refractivity contribution in [2.24, 2.45) is 11.8 Å². The lowest BCUT2D eigenvalue weighted by Gasteiger charge is -2.39. The smallest absolute Gasteiger partial charge is 0.263 e. The van der Waals surface area contributed by atoms with Crippen molar-refractivity contribution in [3.05, 3.63) is 65.0 Å². The van der Waals surface area contributed by atoms with Gasteiger partial charge in [0, 0.05) is 51.7 Å². The maximum Gasteiger partial charge on any atom is 0.263 e. The molecule has 8 nitrogen and oxygen atoms in total. The first-order chi connectivity index (χ1) is 19.8. The summed E-state index contributed by atoms with van der Waals surface area (Å²) in [5, 5.41) is 0. The number of amides is 4. The van der Waals surface area contributed by atoms with Gasteiger partial charge in [0.15, 0.2) is 0 Å². The molecular formula is C32H39FN4O4. The molecule has 0 bridgehead atoms. The standard InChI is InChI=1S/C32H39FN4O4/c1-3-34(4-2)30(39)24-7-6-17-36(21-24)29(38)23-15-18-35(19-16-23)27-9-5-8-26-28(27)32(41)37(31(26)40)20-14-22-10-12-25(33)13-11-22/h5,8-13,23-24H,3-4,6-7,14-21H2,1-2H3/t24-/m0/s1. The van der Waals surface area contributed by atoms with Gasteiger partial charge in [0.05, 0.1) is 22.7 Å². The summed E-state index contributed by atoms with van der Waals surface area (Å²) in [4.78, 5) is 60.1. The Morgan fingerprint density at radius 2 is 1.61 bits per heavy atom. The van der Waals surface area contributed by atoms with Gasteiger partial charge in [-0.25, -0.2) is 4.39 Å². The third kappa shape index (κ3) is 5.85. The number of piperidine rings is 2. The SMILES string of the molecule is CCN(CC)C(=O)[C@H]1CCCN(C(=O)C2CCN(c3cccc4c3C(=O)N(CCc3ccc(F)cc3)C4=O)CC2)C1. The van der Waals surface area contributed by atoms with E-state index in [1.54, 1.807) is 24.3 Å². The molecule has 3 heterocycles. The fourth-order valence-corrected chi connectivity index (χ4v) is 6.47. The Hall–Kier alpha value is -3.75. The van der Waals surface area contributed by atoms with Gasteiger partial charge in [0.2, 0.25) is 11.8 Å². The molecule has 0 spiro atoms. The van der Waals surface area contributed by atoms with Crippen LogP contribution in [-0.4, -0.2) is 84.1 Å². The number of carbonyl (C=O) groups excluding carboxylic acids is 4. The molecule has 0 unspecified atom stereocenters. The van der Waals surface area contributed by atoms with Crippen molar-refractivity contribution in [3.8, 4) is 0 Å². The fraction of sp³-hybridized carbons (Fsp3) is 0.500. The summed E-state index contributed by atoms with van der Waals surface area (Å²) in [5.41, 5.74) is 2.42.